The molecule has 0 unspecified atom stereocenters. The zero-order valence-corrected chi connectivity index (χ0v) is 7.80. The second-order valence-corrected chi connectivity index (χ2v) is 3.40. The van der Waals surface area contributed by atoms with E-state index >= 15 is 0 Å². The summed E-state index contributed by atoms with van der Waals surface area (Å²) < 4.78 is 12.6. The number of nitrogens with one attached hydrogen (secondary N) is 1. The first-order chi connectivity index (χ1) is 6.35. The fourth-order valence-corrected chi connectivity index (χ4v) is 0.814. The number of primary amides is 1. The van der Waals surface area contributed by atoms with Crippen molar-refractivity contribution >= 4 is 5.91 Å². The highest BCUT2D eigenvalue weighted by Crippen LogP contribution is 2.16. The van der Waals surface area contributed by atoms with Crippen LogP contribution in [0, 0.1) is 5.82 Å². The summed E-state index contributed by atoms with van der Waals surface area (Å²) in [5.74, 6) is -1.59. The maximum Gasteiger partial charge on any atom is 0.286 e. The fraction of sp³-hybridized carbons (Fsp3) is 0.375. The number of halogens is 1. The van der Waals surface area contributed by atoms with Crippen LogP contribution in [0.4, 0.5) is 4.39 Å². The molecule has 0 saturated heterocycles. The lowest BCUT2D eigenvalue weighted by atomic mass is 9.92. The predicted octanol–water partition coefficient (Wildman–Crippen LogP) is -0.328. The molecule has 0 atom stereocenters. The van der Waals surface area contributed by atoms with E-state index in [1.165, 1.54) is 13.8 Å². The zero-order valence-electron chi connectivity index (χ0n) is 7.80. The number of amides is 1. The predicted molar refractivity (Wildman–Crippen MR) is 47.0 cm³/mol. The molecular formula is C8H10FN3O2. The monoisotopic (exact) mass is 199 g/mol. The van der Waals surface area contributed by atoms with E-state index in [1.54, 1.807) is 0 Å². The van der Waals surface area contributed by atoms with Gasteiger partial charge >= 0.3 is 0 Å². The van der Waals surface area contributed by atoms with Crippen molar-refractivity contribution in [3.05, 3.63) is 28.2 Å². The summed E-state index contributed by atoms with van der Waals surface area (Å²) in [5, 5.41) is 0. The molecule has 0 aliphatic carbocycles. The molecule has 0 radical (unpaired) electrons. The molecule has 0 saturated carbocycles. The van der Waals surface area contributed by atoms with Crippen LogP contribution in [0.25, 0.3) is 0 Å². The summed E-state index contributed by atoms with van der Waals surface area (Å²) in [4.78, 5) is 27.6. The average molecular weight is 199 g/mol. The van der Waals surface area contributed by atoms with E-state index in [-0.39, 0.29) is 5.82 Å². The second kappa shape index (κ2) is 3.21. The van der Waals surface area contributed by atoms with E-state index in [9.17, 15) is 14.0 Å². The Labute approximate surface area is 79.2 Å². The minimum atomic E-state index is -1.12. The lowest BCUT2D eigenvalue weighted by molar-refractivity contribution is -0.122. The molecule has 0 bridgehead atoms. The van der Waals surface area contributed by atoms with Crippen LogP contribution in [0.2, 0.25) is 0 Å². The molecule has 3 N–H and O–H groups in total. The van der Waals surface area contributed by atoms with Crippen LogP contribution in [0.15, 0.2) is 11.0 Å². The van der Waals surface area contributed by atoms with Crippen molar-refractivity contribution in [2.75, 3.05) is 0 Å². The molecule has 0 aliphatic rings. The van der Waals surface area contributed by atoms with Crippen molar-refractivity contribution in [1.29, 1.82) is 0 Å². The van der Waals surface area contributed by atoms with Gasteiger partial charge in [-0.15, -0.1) is 0 Å². The lowest BCUT2D eigenvalue weighted by Gasteiger charge is -2.18. The van der Waals surface area contributed by atoms with E-state index in [0.29, 0.717) is 0 Å². The number of H-pyrrole nitrogens is 1. The summed E-state index contributed by atoms with van der Waals surface area (Å²) in [6, 6.07) is 0. The van der Waals surface area contributed by atoms with Gasteiger partial charge in [0.2, 0.25) is 11.7 Å². The molecule has 1 rings (SSSR count). The highest BCUT2D eigenvalue weighted by molar-refractivity contribution is 5.84. The van der Waals surface area contributed by atoms with Crippen molar-refractivity contribution in [2.24, 2.45) is 5.73 Å². The van der Waals surface area contributed by atoms with Gasteiger partial charge < -0.3 is 10.7 Å². The number of carbonyl (C=O) groups is 1. The van der Waals surface area contributed by atoms with Crippen molar-refractivity contribution < 1.29 is 9.18 Å². The third kappa shape index (κ3) is 1.63. The van der Waals surface area contributed by atoms with Gasteiger partial charge in [-0.25, -0.2) is 4.98 Å². The van der Waals surface area contributed by atoms with Crippen LogP contribution < -0.4 is 11.3 Å². The van der Waals surface area contributed by atoms with Gasteiger partial charge in [0.25, 0.3) is 5.56 Å². The van der Waals surface area contributed by atoms with Gasteiger partial charge in [0.05, 0.1) is 6.20 Å². The number of nitrogens with two attached hydrogens (primary N) is 1. The molecular weight excluding hydrogens is 189 g/mol. The Morgan fingerprint density at radius 1 is 1.64 bits per heavy atom. The number of aromatic nitrogens is 2. The van der Waals surface area contributed by atoms with E-state index in [0.717, 1.165) is 6.20 Å². The van der Waals surface area contributed by atoms with E-state index in [2.05, 4.69) is 9.97 Å². The molecule has 5 nitrogen and oxygen atoms in total. The maximum atomic E-state index is 12.6. The summed E-state index contributed by atoms with van der Waals surface area (Å²) in [6.45, 7) is 2.98. The standard InChI is InChI=1S/C8H10FN3O2/c1-8(2,6(10)14)7-11-3-4(9)5(13)12-7/h3H,1-2H3,(H2,10,14)(H,11,12,13). The number of carbonyl (C=O) groups excluding carboxylic acids is 1. The Hall–Kier alpha value is -1.72. The van der Waals surface area contributed by atoms with Gasteiger partial charge in [-0.3, -0.25) is 9.59 Å². The Kier molecular flexibility index (Phi) is 2.37. The van der Waals surface area contributed by atoms with Crippen LogP contribution in [-0.2, 0) is 10.2 Å². The molecule has 0 spiro atoms. The van der Waals surface area contributed by atoms with Gasteiger partial charge in [-0.05, 0) is 13.8 Å². The SMILES string of the molecule is CC(C)(C(N)=O)c1ncc(F)c(=O)[nH]1. The van der Waals surface area contributed by atoms with Crippen molar-refractivity contribution in [3.63, 3.8) is 0 Å². The molecule has 1 amide bonds. The third-order valence-corrected chi connectivity index (χ3v) is 1.96. The molecule has 1 heterocycles. The fourth-order valence-electron chi connectivity index (χ4n) is 0.814. The minimum absolute atomic E-state index is 0.0522. The zero-order chi connectivity index (χ0) is 10.9. The Balaban J connectivity index is 3.28. The van der Waals surface area contributed by atoms with Crippen molar-refractivity contribution in [3.8, 4) is 0 Å². The first kappa shape index (κ1) is 10.4. The first-order valence-electron chi connectivity index (χ1n) is 3.91. The summed E-state index contributed by atoms with van der Waals surface area (Å²) in [7, 11) is 0. The number of hydrogen-bond donors (Lipinski definition) is 2. The van der Waals surface area contributed by atoms with Crippen LogP contribution in [0.5, 0.6) is 0 Å². The van der Waals surface area contributed by atoms with Crippen LogP contribution >= 0.6 is 0 Å². The molecule has 0 fully saturated rings. The molecule has 0 aromatic carbocycles. The highest BCUT2D eigenvalue weighted by atomic mass is 19.1. The van der Waals surface area contributed by atoms with Gasteiger partial charge in [0.1, 0.15) is 11.2 Å². The van der Waals surface area contributed by atoms with Crippen LogP contribution in [0.1, 0.15) is 19.7 Å². The van der Waals surface area contributed by atoms with Crippen LogP contribution in [-0.4, -0.2) is 15.9 Å². The summed E-state index contributed by atoms with van der Waals surface area (Å²) in [6.07, 6.45) is 0.763. The summed E-state index contributed by atoms with van der Waals surface area (Å²) >= 11 is 0. The normalized spacial score (nSPS) is 11.4. The second-order valence-electron chi connectivity index (χ2n) is 3.40. The van der Waals surface area contributed by atoms with Crippen molar-refractivity contribution in [1.82, 2.24) is 9.97 Å². The molecule has 76 valence electrons. The number of nitrogens with zero attached hydrogens (tertiary/aromatic N) is 1. The maximum absolute atomic E-state index is 12.6. The Bertz CT molecular complexity index is 425. The third-order valence-electron chi connectivity index (χ3n) is 1.96. The number of rotatable bonds is 2. The summed E-state index contributed by atoms with van der Waals surface area (Å²) in [5.41, 5.74) is 3.06. The molecule has 1 aromatic rings. The molecule has 0 aliphatic heterocycles. The Morgan fingerprint density at radius 3 is 2.64 bits per heavy atom. The first-order valence-corrected chi connectivity index (χ1v) is 3.91. The number of hydrogen-bond acceptors (Lipinski definition) is 3. The van der Waals surface area contributed by atoms with Gasteiger partial charge in [-0.1, -0.05) is 0 Å². The lowest BCUT2D eigenvalue weighted by Crippen LogP contribution is -2.38. The highest BCUT2D eigenvalue weighted by Gasteiger charge is 2.30. The average Bonchev–Trinajstić information content (AvgIpc) is 2.09. The van der Waals surface area contributed by atoms with Crippen LogP contribution in [0.3, 0.4) is 0 Å². The quantitative estimate of drug-likeness (QED) is 0.683. The largest absolute Gasteiger partial charge is 0.369 e. The number of aromatic amines is 1. The topological polar surface area (TPSA) is 88.8 Å². The molecule has 6 heteroatoms. The van der Waals surface area contributed by atoms with Crippen molar-refractivity contribution in [2.45, 2.75) is 19.3 Å². The Morgan fingerprint density at radius 2 is 2.21 bits per heavy atom. The van der Waals surface area contributed by atoms with Gasteiger partial charge in [0.15, 0.2) is 0 Å². The van der Waals surface area contributed by atoms with E-state index < -0.39 is 22.7 Å². The van der Waals surface area contributed by atoms with E-state index in [4.69, 9.17) is 5.73 Å². The molecule has 14 heavy (non-hydrogen) atoms. The molecule has 1 aromatic heterocycles. The van der Waals surface area contributed by atoms with Gasteiger partial charge in [-0.2, -0.15) is 4.39 Å². The minimum Gasteiger partial charge on any atom is -0.369 e. The van der Waals surface area contributed by atoms with E-state index in [1.807, 2.05) is 0 Å². The smallest absolute Gasteiger partial charge is 0.286 e. The van der Waals surface area contributed by atoms with Gasteiger partial charge in [0, 0.05) is 0 Å².